The molecule has 0 spiro atoms. The van der Waals surface area contributed by atoms with Crippen LogP contribution in [0.25, 0.3) is 0 Å². The number of amides is 2. The first-order valence-electron chi connectivity index (χ1n) is 12.8. The summed E-state index contributed by atoms with van der Waals surface area (Å²) >= 11 is 6.02. The molecule has 1 saturated heterocycles. The Kier molecular flexibility index (Phi) is 7.53. The number of nitrogens with zero attached hydrogens (tertiary/aromatic N) is 3. The molecular formula is C29H28ClF3N4O2. The van der Waals surface area contributed by atoms with E-state index < -0.39 is 29.3 Å². The van der Waals surface area contributed by atoms with Crippen molar-refractivity contribution in [2.75, 3.05) is 25.0 Å². The lowest BCUT2D eigenvalue weighted by Gasteiger charge is -2.38. The lowest BCUT2D eigenvalue weighted by molar-refractivity contribution is -0.137. The second-order valence-corrected chi connectivity index (χ2v) is 10.4. The van der Waals surface area contributed by atoms with Gasteiger partial charge in [0.15, 0.2) is 0 Å². The molecule has 0 saturated carbocycles. The van der Waals surface area contributed by atoms with E-state index in [1.807, 2.05) is 18.2 Å². The minimum Gasteiger partial charge on any atom is -0.371 e. The van der Waals surface area contributed by atoms with Gasteiger partial charge in [0.2, 0.25) is 0 Å². The molecule has 1 atom stereocenters. The Labute approximate surface area is 229 Å². The Morgan fingerprint density at radius 2 is 1.77 bits per heavy atom. The summed E-state index contributed by atoms with van der Waals surface area (Å²) in [5.41, 5.74) is 1.64. The Bertz CT molecular complexity index is 1370. The molecule has 1 N–H and O–H groups in total. The van der Waals surface area contributed by atoms with Gasteiger partial charge >= 0.3 is 6.18 Å². The SMILES string of the molecule is CN(C(=O)c1ccc2c(c1)C(NC(=O)c1c(Cl)cccc1C(F)(F)F)CC2)C1CCN(c2ccncc2)CC1. The van der Waals surface area contributed by atoms with E-state index in [0.717, 1.165) is 48.8 Å². The van der Waals surface area contributed by atoms with E-state index >= 15 is 0 Å². The number of pyridine rings is 1. The maximum Gasteiger partial charge on any atom is 0.417 e. The van der Waals surface area contributed by atoms with Crippen molar-refractivity contribution in [1.82, 2.24) is 15.2 Å². The van der Waals surface area contributed by atoms with E-state index in [9.17, 15) is 22.8 Å². The average Bonchev–Trinajstić information content (AvgIpc) is 3.33. The average molecular weight is 557 g/mol. The third kappa shape index (κ3) is 5.59. The fourth-order valence-corrected chi connectivity index (χ4v) is 5.80. The number of benzene rings is 2. The van der Waals surface area contributed by atoms with E-state index in [1.54, 1.807) is 36.5 Å². The molecule has 5 rings (SSSR count). The van der Waals surface area contributed by atoms with Gasteiger partial charge in [0.05, 0.1) is 22.2 Å². The van der Waals surface area contributed by atoms with E-state index in [2.05, 4.69) is 15.2 Å². The van der Waals surface area contributed by atoms with Gasteiger partial charge < -0.3 is 15.1 Å². The van der Waals surface area contributed by atoms with E-state index in [1.165, 1.54) is 12.1 Å². The molecule has 0 radical (unpaired) electrons. The highest BCUT2D eigenvalue weighted by molar-refractivity contribution is 6.34. The van der Waals surface area contributed by atoms with Crippen LogP contribution in [-0.4, -0.2) is 47.9 Å². The third-order valence-corrected chi connectivity index (χ3v) is 8.00. The molecule has 1 aromatic heterocycles. The molecule has 1 aliphatic carbocycles. The number of hydrogen-bond donors (Lipinski definition) is 1. The Balaban J connectivity index is 1.28. The summed E-state index contributed by atoms with van der Waals surface area (Å²) in [5.74, 6) is -1.01. The first-order chi connectivity index (χ1) is 18.6. The van der Waals surface area contributed by atoms with Crippen LogP contribution in [0.1, 0.15) is 62.7 Å². The number of halogens is 4. The minimum absolute atomic E-state index is 0.0837. The van der Waals surface area contributed by atoms with Crippen LogP contribution >= 0.6 is 11.6 Å². The number of hydrogen-bond acceptors (Lipinski definition) is 4. The highest BCUT2D eigenvalue weighted by atomic mass is 35.5. The molecule has 6 nitrogen and oxygen atoms in total. The first-order valence-corrected chi connectivity index (χ1v) is 13.2. The highest BCUT2D eigenvalue weighted by Crippen LogP contribution is 2.37. The van der Waals surface area contributed by atoms with Crippen LogP contribution < -0.4 is 10.2 Å². The molecule has 2 amide bonds. The largest absolute Gasteiger partial charge is 0.417 e. The molecule has 3 aromatic rings. The smallest absolute Gasteiger partial charge is 0.371 e. The number of rotatable bonds is 5. The number of piperidine rings is 1. The van der Waals surface area contributed by atoms with Crippen LogP contribution in [0.4, 0.5) is 18.9 Å². The van der Waals surface area contributed by atoms with E-state index in [4.69, 9.17) is 11.6 Å². The zero-order valence-corrected chi connectivity index (χ0v) is 22.1. The van der Waals surface area contributed by atoms with Crippen molar-refractivity contribution in [2.24, 2.45) is 0 Å². The van der Waals surface area contributed by atoms with Gasteiger partial charge in [0, 0.05) is 49.8 Å². The minimum atomic E-state index is -4.72. The summed E-state index contributed by atoms with van der Waals surface area (Å²) in [7, 11) is 1.80. The second-order valence-electron chi connectivity index (χ2n) is 9.98. The topological polar surface area (TPSA) is 65.5 Å². The zero-order chi connectivity index (χ0) is 27.7. The van der Waals surface area contributed by atoms with Gasteiger partial charge in [-0.15, -0.1) is 0 Å². The van der Waals surface area contributed by atoms with Crippen molar-refractivity contribution in [3.8, 4) is 0 Å². The number of aryl methyl sites for hydroxylation is 1. The molecule has 0 bridgehead atoms. The molecule has 1 unspecified atom stereocenters. The Morgan fingerprint density at radius 3 is 2.46 bits per heavy atom. The van der Waals surface area contributed by atoms with Gasteiger partial charge in [-0.2, -0.15) is 13.2 Å². The molecule has 204 valence electrons. The molecule has 1 aliphatic heterocycles. The molecule has 39 heavy (non-hydrogen) atoms. The number of carbonyl (C=O) groups excluding carboxylic acids is 2. The van der Waals surface area contributed by atoms with Crippen LogP contribution in [0.3, 0.4) is 0 Å². The summed E-state index contributed by atoms with van der Waals surface area (Å²) < 4.78 is 40.6. The monoisotopic (exact) mass is 556 g/mol. The number of anilines is 1. The van der Waals surface area contributed by atoms with Crippen molar-refractivity contribution in [3.63, 3.8) is 0 Å². The summed E-state index contributed by atoms with van der Waals surface area (Å²) in [5, 5.41) is 2.46. The number of alkyl halides is 3. The predicted octanol–water partition coefficient (Wildman–Crippen LogP) is 5.91. The Hall–Kier alpha value is -3.59. The van der Waals surface area contributed by atoms with Gasteiger partial charge in [-0.3, -0.25) is 14.6 Å². The van der Waals surface area contributed by atoms with Gasteiger partial charge in [-0.05, 0) is 73.2 Å². The number of fused-ring (bicyclic) bond motifs is 1. The second kappa shape index (κ2) is 10.9. The van der Waals surface area contributed by atoms with Gasteiger partial charge in [-0.1, -0.05) is 23.7 Å². The molecule has 2 aliphatic rings. The number of aromatic nitrogens is 1. The molecule has 1 fully saturated rings. The van der Waals surface area contributed by atoms with Crippen LogP contribution in [0.5, 0.6) is 0 Å². The van der Waals surface area contributed by atoms with E-state index in [-0.39, 0.29) is 17.0 Å². The zero-order valence-electron chi connectivity index (χ0n) is 21.3. The van der Waals surface area contributed by atoms with E-state index in [0.29, 0.717) is 18.4 Å². The van der Waals surface area contributed by atoms with Crippen molar-refractivity contribution in [1.29, 1.82) is 0 Å². The third-order valence-electron chi connectivity index (χ3n) is 7.68. The Morgan fingerprint density at radius 1 is 1.05 bits per heavy atom. The molecule has 2 aromatic carbocycles. The summed E-state index contributed by atoms with van der Waals surface area (Å²) in [6, 6.07) is 12.2. The van der Waals surface area contributed by atoms with Gasteiger partial charge in [-0.25, -0.2) is 0 Å². The van der Waals surface area contributed by atoms with Crippen LogP contribution in [0.2, 0.25) is 5.02 Å². The first kappa shape index (κ1) is 27.0. The standard InChI is InChI=1S/C29H28ClF3N4O2/c1-36(20-11-15-37(16-12-20)21-9-13-34-14-10-21)28(39)19-6-5-18-7-8-25(22(18)17-19)35-27(38)26-23(29(31,32)33)3-2-4-24(26)30/h2-6,9-10,13-14,17,20,25H,7-8,11-12,15-16H2,1H3,(H,35,38). The molecular weight excluding hydrogens is 529 g/mol. The maximum atomic E-state index is 13.5. The quantitative estimate of drug-likeness (QED) is 0.424. The highest BCUT2D eigenvalue weighted by Gasteiger charge is 2.37. The summed E-state index contributed by atoms with van der Waals surface area (Å²) in [6.45, 7) is 1.65. The molecule has 10 heteroatoms. The number of carbonyl (C=O) groups is 2. The fourth-order valence-electron chi connectivity index (χ4n) is 5.54. The van der Waals surface area contributed by atoms with Gasteiger partial charge in [0.25, 0.3) is 11.8 Å². The maximum absolute atomic E-state index is 13.5. The lowest BCUT2D eigenvalue weighted by Crippen LogP contribution is -2.45. The van der Waals surface area contributed by atoms with Crippen LogP contribution in [0, 0.1) is 0 Å². The summed E-state index contributed by atoms with van der Waals surface area (Å²) in [4.78, 5) is 34.5. The van der Waals surface area contributed by atoms with Crippen LogP contribution in [-0.2, 0) is 12.6 Å². The predicted molar refractivity (Wildman–Crippen MR) is 143 cm³/mol. The van der Waals surface area contributed by atoms with Crippen LogP contribution in [0.15, 0.2) is 60.9 Å². The number of nitrogens with one attached hydrogen (secondary N) is 1. The van der Waals surface area contributed by atoms with Crippen molar-refractivity contribution >= 4 is 29.1 Å². The van der Waals surface area contributed by atoms with Crippen molar-refractivity contribution < 1.29 is 22.8 Å². The lowest BCUT2D eigenvalue weighted by atomic mass is 10.00. The summed E-state index contributed by atoms with van der Waals surface area (Å²) in [6.07, 6.45) is 1.64. The molecule has 2 heterocycles. The van der Waals surface area contributed by atoms with Gasteiger partial charge in [0.1, 0.15) is 0 Å². The van der Waals surface area contributed by atoms with Crippen molar-refractivity contribution in [2.45, 2.75) is 43.9 Å². The fraction of sp³-hybridized carbons (Fsp3) is 0.345. The normalized spacial score (nSPS) is 17.6. The van der Waals surface area contributed by atoms with Crippen molar-refractivity contribution in [3.05, 3.63) is 93.8 Å².